The minimum atomic E-state index is -0.181. The highest BCUT2D eigenvalue weighted by atomic mass is 16.5. The van der Waals surface area contributed by atoms with Gasteiger partial charge in [-0.05, 0) is 38.5 Å². The zero-order valence-corrected chi connectivity index (χ0v) is 13.5. The molecule has 0 N–H and O–H groups in total. The van der Waals surface area contributed by atoms with Crippen LogP contribution >= 0.6 is 0 Å². The van der Waals surface area contributed by atoms with Crippen LogP contribution in [0.2, 0.25) is 0 Å². The van der Waals surface area contributed by atoms with Crippen LogP contribution in [0.5, 0.6) is 5.75 Å². The van der Waals surface area contributed by atoms with E-state index >= 15 is 0 Å². The van der Waals surface area contributed by atoms with Gasteiger partial charge in [0.1, 0.15) is 12.3 Å². The largest absolute Gasteiger partial charge is 0.495 e. The molecule has 1 aromatic carbocycles. The molecule has 5 nitrogen and oxygen atoms in total. The Balaban J connectivity index is 3.11. The number of hydrogen-bond acceptors (Lipinski definition) is 3. The third-order valence-electron chi connectivity index (χ3n) is 3.41. The molecule has 0 spiro atoms. The normalized spacial score (nSPS) is 10.1. The average molecular weight is 292 g/mol. The zero-order valence-electron chi connectivity index (χ0n) is 13.5. The second kappa shape index (κ2) is 7.67. The molecule has 0 heterocycles. The summed E-state index contributed by atoms with van der Waals surface area (Å²) < 4.78 is 5.31. The Morgan fingerprint density at radius 1 is 1.19 bits per heavy atom. The molecule has 0 aliphatic rings. The van der Waals surface area contributed by atoms with Gasteiger partial charge in [0.2, 0.25) is 11.8 Å². The number of hydrogen-bond donors (Lipinski definition) is 0. The number of methoxy groups -OCH3 is 1. The Labute approximate surface area is 126 Å². The SMILES string of the molecule is CCN(CC)C(=O)CN(C(C)=O)c1cc(C)ccc1OC. The number of carbonyl (C=O) groups is 2. The van der Waals surface area contributed by atoms with Crippen molar-refractivity contribution in [2.24, 2.45) is 0 Å². The van der Waals surface area contributed by atoms with E-state index in [9.17, 15) is 9.59 Å². The number of carbonyl (C=O) groups excluding carboxylic acids is 2. The van der Waals surface area contributed by atoms with Crippen molar-refractivity contribution in [2.75, 3.05) is 31.6 Å². The summed E-state index contributed by atoms with van der Waals surface area (Å²) in [5.74, 6) is 0.335. The first kappa shape index (κ1) is 17.0. The van der Waals surface area contributed by atoms with Crippen LogP contribution in [0.4, 0.5) is 5.69 Å². The van der Waals surface area contributed by atoms with Crippen LogP contribution in [-0.2, 0) is 9.59 Å². The smallest absolute Gasteiger partial charge is 0.242 e. The van der Waals surface area contributed by atoms with Crippen LogP contribution in [0.1, 0.15) is 26.3 Å². The number of aryl methyl sites for hydroxylation is 1. The summed E-state index contributed by atoms with van der Waals surface area (Å²) >= 11 is 0. The van der Waals surface area contributed by atoms with Crippen molar-refractivity contribution in [2.45, 2.75) is 27.7 Å². The summed E-state index contributed by atoms with van der Waals surface area (Å²) in [5.41, 5.74) is 1.64. The van der Waals surface area contributed by atoms with E-state index in [1.807, 2.05) is 39.0 Å². The van der Waals surface area contributed by atoms with Crippen molar-refractivity contribution in [3.05, 3.63) is 23.8 Å². The predicted octanol–water partition coefficient (Wildman–Crippen LogP) is 2.22. The molecule has 5 heteroatoms. The third-order valence-corrected chi connectivity index (χ3v) is 3.41. The second-order valence-corrected chi connectivity index (χ2v) is 4.85. The zero-order chi connectivity index (χ0) is 16.0. The molecule has 1 aromatic rings. The van der Waals surface area contributed by atoms with Crippen LogP contribution in [0.3, 0.4) is 0 Å². The highest BCUT2D eigenvalue weighted by Crippen LogP contribution is 2.29. The van der Waals surface area contributed by atoms with Gasteiger partial charge in [-0.2, -0.15) is 0 Å². The van der Waals surface area contributed by atoms with E-state index in [0.717, 1.165) is 5.56 Å². The summed E-state index contributed by atoms with van der Waals surface area (Å²) in [6, 6.07) is 5.57. The summed E-state index contributed by atoms with van der Waals surface area (Å²) in [6.07, 6.45) is 0. The van der Waals surface area contributed by atoms with E-state index < -0.39 is 0 Å². The van der Waals surface area contributed by atoms with Gasteiger partial charge in [-0.15, -0.1) is 0 Å². The molecule has 2 amide bonds. The van der Waals surface area contributed by atoms with Gasteiger partial charge in [-0.3, -0.25) is 14.5 Å². The molecular weight excluding hydrogens is 268 g/mol. The Morgan fingerprint density at radius 3 is 2.29 bits per heavy atom. The molecule has 0 bridgehead atoms. The lowest BCUT2D eigenvalue weighted by Crippen LogP contribution is -2.42. The Morgan fingerprint density at radius 2 is 1.81 bits per heavy atom. The van der Waals surface area contributed by atoms with Gasteiger partial charge in [0.25, 0.3) is 0 Å². The number of amides is 2. The van der Waals surface area contributed by atoms with Crippen LogP contribution in [-0.4, -0.2) is 43.5 Å². The van der Waals surface area contributed by atoms with Gasteiger partial charge in [0, 0.05) is 20.0 Å². The third kappa shape index (κ3) is 4.21. The summed E-state index contributed by atoms with van der Waals surface area (Å²) in [5, 5.41) is 0. The molecule has 0 fully saturated rings. The monoisotopic (exact) mass is 292 g/mol. The molecule has 116 valence electrons. The lowest BCUT2D eigenvalue weighted by Gasteiger charge is -2.26. The maximum atomic E-state index is 12.3. The molecule has 0 radical (unpaired) electrons. The number of anilines is 1. The number of nitrogens with zero attached hydrogens (tertiary/aromatic N) is 2. The summed E-state index contributed by atoms with van der Waals surface area (Å²) in [4.78, 5) is 27.4. The molecule has 0 aromatic heterocycles. The molecule has 0 saturated carbocycles. The van der Waals surface area contributed by atoms with E-state index in [0.29, 0.717) is 24.5 Å². The Bertz CT molecular complexity index is 510. The molecule has 0 saturated heterocycles. The molecule has 21 heavy (non-hydrogen) atoms. The number of ether oxygens (including phenoxy) is 1. The highest BCUT2D eigenvalue weighted by Gasteiger charge is 2.21. The van der Waals surface area contributed by atoms with E-state index in [1.54, 1.807) is 12.0 Å². The van der Waals surface area contributed by atoms with Crippen molar-refractivity contribution in [3.63, 3.8) is 0 Å². The van der Waals surface area contributed by atoms with Crippen molar-refractivity contribution in [1.82, 2.24) is 4.90 Å². The molecule has 0 atom stereocenters. The van der Waals surface area contributed by atoms with Crippen molar-refractivity contribution < 1.29 is 14.3 Å². The van der Waals surface area contributed by atoms with E-state index in [4.69, 9.17) is 4.74 Å². The summed E-state index contributed by atoms with van der Waals surface area (Å²) in [7, 11) is 1.55. The molecular formula is C16H24N2O3. The topological polar surface area (TPSA) is 49.9 Å². The quantitative estimate of drug-likeness (QED) is 0.808. The minimum Gasteiger partial charge on any atom is -0.495 e. The average Bonchev–Trinajstić information content (AvgIpc) is 2.45. The maximum absolute atomic E-state index is 12.3. The fourth-order valence-electron chi connectivity index (χ4n) is 2.19. The van der Waals surface area contributed by atoms with Crippen LogP contribution in [0.25, 0.3) is 0 Å². The first-order valence-electron chi connectivity index (χ1n) is 7.15. The standard InChI is InChI=1S/C16H24N2O3/c1-6-17(7-2)16(20)11-18(13(4)19)14-10-12(3)8-9-15(14)21-5/h8-10H,6-7,11H2,1-5H3. The number of benzene rings is 1. The predicted molar refractivity (Wildman–Crippen MR) is 83.7 cm³/mol. The maximum Gasteiger partial charge on any atom is 0.242 e. The second-order valence-electron chi connectivity index (χ2n) is 4.85. The molecule has 0 aliphatic heterocycles. The van der Waals surface area contributed by atoms with Crippen molar-refractivity contribution in [3.8, 4) is 5.75 Å². The minimum absolute atomic E-state index is 0.0246. The van der Waals surface area contributed by atoms with E-state index in [-0.39, 0.29) is 18.4 Å². The fraction of sp³-hybridized carbons (Fsp3) is 0.500. The Kier molecular flexibility index (Phi) is 6.21. The van der Waals surface area contributed by atoms with Gasteiger partial charge < -0.3 is 9.64 Å². The van der Waals surface area contributed by atoms with Gasteiger partial charge in [-0.1, -0.05) is 6.07 Å². The van der Waals surface area contributed by atoms with Gasteiger partial charge in [0.15, 0.2) is 0 Å². The molecule has 1 rings (SSSR count). The first-order valence-corrected chi connectivity index (χ1v) is 7.15. The van der Waals surface area contributed by atoms with Crippen molar-refractivity contribution >= 4 is 17.5 Å². The van der Waals surface area contributed by atoms with Gasteiger partial charge in [-0.25, -0.2) is 0 Å². The van der Waals surface area contributed by atoms with Gasteiger partial charge in [0.05, 0.1) is 12.8 Å². The molecule has 0 aliphatic carbocycles. The van der Waals surface area contributed by atoms with Crippen LogP contribution in [0.15, 0.2) is 18.2 Å². The van der Waals surface area contributed by atoms with Crippen molar-refractivity contribution in [1.29, 1.82) is 0 Å². The van der Waals surface area contributed by atoms with E-state index in [2.05, 4.69) is 0 Å². The first-order chi connectivity index (χ1) is 9.94. The lowest BCUT2D eigenvalue weighted by atomic mass is 10.2. The van der Waals surface area contributed by atoms with Crippen LogP contribution in [0, 0.1) is 6.92 Å². The lowest BCUT2D eigenvalue weighted by molar-refractivity contribution is -0.130. The number of rotatable bonds is 6. The van der Waals surface area contributed by atoms with Gasteiger partial charge >= 0.3 is 0 Å². The Hall–Kier alpha value is -2.04. The highest BCUT2D eigenvalue weighted by molar-refractivity contribution is 5.98. The number of likely N-dealkylation sites (N-methyl/N-ethyl adjacent to an activating group) is 1. The fourth-order valence-corrected chi connectivity index (χ4v) is 2.19. The summed E-state index contributed by atoms with van der Waals surface area (Å²) in [6.45, 7) is 8.53. The van der Waals surface area contributed by atoms with Crippen LogP contribution < -0.4 is 9.64 Å². The van der Waals surface area contributed by atoms with E-state index in [1.165, 1.54) is 11.8 Å². The molecule has 0 unspecified atom stereocenters.